The first-order chi connectivity index (χ1) is 8.19. The lowest BCUT2D eigenvalue weighted by molar-refractivity contribution is 0.474. The number of halogens is 3. The minimum atomic E-state index is -0.322. The summed E-state index contributed by atoms with van der Waals surface area (Å²) in [6, 6.07) is 9.95. The average Bonchev–Trinajstić information content (AvgIpc) is 2.34. The molecule has 2 rings (SSSR count). The maximum atomic E-state index is 13.0. The summed E-state index contributed by atoms with van der Waals surface area (Å²) in [6.45, 7) is 0. The number of ether oxygens (including phenoxy) is 1. The summed E-state index contributed by atoms with van der Waals surface area (Å²) in [5, 5.41) is 0.487. The first-order valence-corrected chi connectivity index (χ1v) is 6.09. The van der Waals surface area contributed by atoms with E-state index in [0.29, 0.717) is 22.4 Å². The van der Waals surface area contributed by atoms with Crippen molar-refractivity contribution in [2.45, 2.75) is 5.33 Å². The van der Waals surface area contributed by atoms with Gasteiger partial charge < -0.3 is 4.74 Å². The van der Waals surface area contributed by atoms with Crippen LogP contribution in [0.4, 0.5) is 8.78 Å². The molecule has 1 nitrogen and oxygen atoms in total. The molecule has 88 valence electrons. The Morgan fingerprint density at radius 3 is 2.24 bits per heavy atom. The Morgan fingerprint density at radius 2 is 1.59 bits per heavy atom. The molecule has 0 aromatic heterocycles. The third kappa shape index (κ3) is 3.03. The highest BCUT2D eigenvalue weighted by molar-refractivity contribution is 9.08. The van der Waals surface area contributed by atoms with E-state index in [0.717, 1.165) is 0 Å². The van der Waals surface area contributed by atoms with Gasteiger partial charge in [0, 0.05) is 10.9 Å². The van der Waals surface area contributed by atoms with E-state index in [1.54, 1.807) is 6.07 Å². The minimum absolute atomic E-state index is 0.314. The van der Waals surface area contributed by atoms with Crippen molar-refractivity contribution in [1.82, 2.24) is 0 Å². The fourth-order valence-corrected chi connectivity index (χ4v) is 1.82. The SMILES string of the molecule is Fc1ccc(Oc2ccc(F)cc2CBr)cc1. The van der Waals surface area contributed by atoms with Gasteiger partial charge in [0.05, 0.1) is 0 Å². The van der Waals surface area contributed by atoms with Gasteiger partial charge in [0.1, 0.15) is 23.1 Å². The maximum absolute atomic E-state index is 13.0. The number of alkyl halides is 1. The molecule has 0 N–H and O–H groups in total. The third-order valence-corrected chi connectivity index (χ3v) is 2.81. The maximum Gasteiger partial charge on any atom is 0.131 e. The second-order valence-corrected chi connectivity index (χ2v) is 4.00. The highest BCUT2D eigenvalue weighted by atomic mass is 79.9. The zero-order valence-corrected chi connectivity index (χ0v) is 10.4. The Bertz CT molecular complexity index is 511. The van der Waals surface area contributed by atoms with Crippen LogP contribution in [0.3, 0.4) is 0 Å². The lowest BCUT2D eigenvalue weighted by Gasteiger charge is -2.09. The van der Waals surface area contributed by atoms with Crippen LogP contribution < -0.4 is 4.74 Å². The highest BCUT2D eigenvalue weighted by Gasteiger charge is 2.05. The van der Waals surface area contributed by atoms with Gasteiger partial charge in [-0.15, -0.1) is 0 Å². The summed E-state index contributed by atoms with van der Waals surface area (Å²) in [5.74, 6) is 0.429. The zero-order chi connectivity index (χ0) is 12.3. The van der Waals surface area contributed by atoms with Crippen LogP contribution in [-0.2, 0) is 5.33 Å². The predicted molar refractivity (Wildman–Crippen MR) is 65.5 cm³/mol. The average molecular weight is 299 g/mol. The van der Waals surface area contributed by atoms with Gasteiger partial charge in [-0.1, -0.05) is 15.9 Å². The first-order valence-electron chi connectivity index (χ1n) is 4.97. The fourth-order valence-electron chi connectivity index (χ4n) is 1.38. The van der Waals surface area contributed by atoms with Crippen LogP contribution in [0.15, 0.2) is 42.5 Å². The van der Waals surface area contributed by atoms with Gasteiger partial charge in [-0.25, -0.2) is 8.78 Å². The van der Waals surface area contributed by atoms with Crippen molar-refractivity contribution in [1.29, 1.82) is 0 Å². The van der Waals surface area contributed by atoms with Crippen molar-refractivity contribution >= 4 is 15.9 Å². The minimum Gasteiger partial charge on any atom is -0.457 e. The van der Waals surface area contributed by atoms with E-state index in [1.165, 1.54) is 36.4 Å². The van der Waals surface area contributed by atoms with Crippen LogP contribution >= 0.6 is 15.9 Å². The summed E-state index contributed by atoms with van der Waals surface area (Å²) < 4.78 is 31.3. The molecule has 0 aliphatic carbocycles. The Balaban J connectivity index is 2.26. The molecule has 0 aliphatic heterocycles. The lowest BCUT2D eigenvalue weighted by Crippen LogP contribution is -1.90. The Hall–Kier alpha value is -1.42. The predicted octanol–water partition coefficient (Wildman–Crippen LogP) is 4.65. The molecular weight excluding hydrogens is 290 g/mol. The third-order valence-electron chi connectivity index (χ3n) is 2.21. The number of hydrogen-bond donors (Lipinski definition) is 0. The standard InChI is InChI=1S/C13H9BrF2O/c14-8-9-7-11(16)3-6-13(9)17-12-4-1-10(15)2-5-12/h1-7H,8H2. The van der Waals surface area contributed by atoms with Gasteiger partial charge in [-0.2, -0.15) is 0 Å². The largest absolute Gasteiger partial charge is 0.457 e. The zero-order valence-electron chi connectivity index (χ0n) is 8.79. The molecule has 0 fully saturated rings. The monoisotopic (exact) mass is 298 g/mol. The van der Waals surface area contributed by atoms with Gasteiger partial charge in [0.15, 0.2) is 0 Å². The summed E-state index contributed by atoms with van der Waals surface area (Å²) >= 11 is 3.26. The van der Waals surface area contributed by atoms with Gasteiger partial charge in [0.25, 0.3) is 0 Å². The van der Waals surface area contributed by atoms with Gasteiger partial charge in [-0.05, 0) is 42.5 Å². The van der Waals surface area contributed by atoms with E-state index in [-0.39, 0.29) is 11.6 Å². The molecule has 0 unspecified atom stereocenters. The molecule has 17 heavy (non-hydrogen) atoms. The van der Waals surface area contributed by atoms with E-state index in [2.05, 4.69) is 15.9 Å². The normalized spacial score (nSPS) is 10.3. The van der Waals surface area contributed by atoms with Crippen LogP contribution in [0.5, 0.6) is 11.5 Å². The second kappa shape index (κ2) is 5.27. The van der Waals surface area contributed by atoms with E-state index in [9.17, 15) is 8.78 Å². The van der Waals surface area contributed by atoms with Crippen LogP contribution in [0.1, 0.15) is 5.56 Å². The van der Waals surface area contributed by atoms with Crippen LogP contribution in [0, 0.1) is 11.6 Å². The summed E-state index contributed by atoms with van der Waals surface area (Å²) in [5.41, 5.74) is 0.703. The molecule has 0 heterocycles. The Kier molecular flexibility index (Phi) is 3.74. The van der Waals surface area contributed by atoms with Gasteiger partial charge >= 0.3 is 0 Å². The van der Waals surface area contributed by atoms with Crippen LogP contribution in [-0.4, -0.2) is 0 Å². The molecule has 0 amide bonds. The molecule has 0 saturated heterocycles. The fraction of sp³-hybridized carbons (Fsp3) is 0.0769. The number of hydrogen-bond acceptors (Lipinski definition) is 1. The van der Waals surface area contributed by atoms with E-state index < -0.39 is 0 Å². The molecule has 0 radical (unpaired) electrons. The molecule has 0 spiro atoms. The van der Waals surface area contributed by atoms with E-state index >= 15 is 0 Å². The summed E-state index contributed by atoms with van der Waals surface area (Å²) in [4.78, 5) is 0. The first kappa shape index (κ1) is 12.0. The van der Waals surface area contributed by atoms with Gasteiger partial charge in [-0.3, -0.25) is 0 Å². The van der Waals surface area contributed by atoms with Crippen molar-refractivity contribution in [2.24, 2.45) is 0 Å². The second-order valence-electron chi connectivity index (χ2n) is 3.44. The van der Waals surface area contributed by atoms with Gasteiger partial charge in [0.2, 0.25) is 0 Å². The Labute approximate surface area is 106 Å². The van der Waals surface area contributed by atoms with E-state index in [1.807, 2.05) is 0 Å². The number of rotatable bonds is 3. The van der Waals surface area contributed by atoms with Crippen molar-refractivity contribution in [2.75, 3.05) is 0 Å². The van der Waals surface area contributed by atoms with Crippen molar-refractivity contribution in [3.63, 3.8) is 0 Å². The molecule has 0 atom stereocenters. The molecule has 2 aromatic carbocycles. The summed E-state index contributed by atoms with van der Waals surface area (Å²) in [6.07, 6.45) is 0. The van der Waals surface area contributed by atoms with Crippen LogP contribution in [0.25, 0.3) is 0 Å². The van der Waals surface area contributed by atoms with E-state index in [4.69, 9.17) is 4.74 Å². The molecule has 2 aromatic rings. The molecule has 0 aliphatic rings. The molecular formula is C13H9BrF2O. The molecule has 0 saturated carbocycles. The highest BCUT2D eigenvalue weighted by Crippen LogP contribution is 2.27. The summed E-state index contributed by atoms with van der Waals surface area (Å²) in [7, 11) is 0. The van der Waals surface area contributed by atoms with Crippen molar-refractivity contribution in [3.05, 3.63) is 59.7 Å². The van der Waals surface area contributed by atoms with Crippen LogP contribution in [0.2, 0.25) is 0 Å². The van der Waals surface area contributed by atoms with Crippen molar-refractivity contribution < 1.29 is 13.5 Å². The lowest BCUT2D eigenvalue weighted by atomic mass is 10.2. The number of benzene rings is 2. The Morgan fingerprint density at radius 1 is 0.941 bits per heavy atom. The quantitative estimate of drug-likeness (QED) is 0.749. The van der Waals surface area contributed by atoms with Crippen molar-refractivity contribution in [3.8, 4) is 11.5 Å². The smallest absolute Gasteiger partial charge is 0.131 e. The topological polar surface area (TPSA) is 9.23 Å². The molecule has 4 heteroatoms. The molecule has 0 bridgehead atoms.